The number of nitrogens with zero attached hydrogens (tertiary/aromatic N) is 2. The highest BCUT2D eigenvalue weighted by Crippen LogP contribution is 2.35. The lowest BCUT2D eigenvalue weighted by atomic mass is 10.1. The molecule has 3 rings (SSSR count). The highest BCUT2D eigenvalue weighted by Gasteiger charge is 2.33. The van der Waals surface area contributed by atoms with Crippen LogP contribution in [0.4, 0.5) is 17.3 Å². The number of aryl methyl sites for hydroxylation is 1. The zero-order chi connectivity index (χ0) is 17.2. The summed E-state index contributed by atoms with van der Waals surface area (Å²) in [6, 6.07) is 17.4. The minimum atomic E-state index is -0.168. The van der Waals surface area contributed by atoms with Crippen LogP contribution in [-0.4, -0.2) is 17.0 Å². The van der Waals surface area contributed by atoms with Crippen LogP contribution in [0, 0.1) is 6.92 Å². The summed E-state index contributed by atoms with van der Waals surface area (Å²) >= 11 is 0. The number of aromatic amines is 1. The third-order valence-electron chi connectivity index (χ3n) is 4.23. The molecule has 0 aliphatic heterocycles. The standard InChI is InChI=1S/C19H20N4O/c1-14-8-9-16(20)12-17(14)23(2,13-15-6-4-3-5-7-15)19-21-11-10-18(24)22-19/h3-12H,13,20H2,1-2H3/p+1. The van der Waals surface area contributed by atoms with Crippen molar-refractivity contribution in [1.29, 1.82) is 0 Å². The molecule has 1 aromatic heterocycles. The van der Waals surface area contributed by atoms with Gasteiger partial charge in [-0.15, -0.1) is 0 Å². The first-order valence-electron chi connectivity index (χ1n) is 7.81. The van der Waals surface area contributed by atoms with Crippen molar-refractivity contribution in [3.63, 3.8) is 0 Å². The van der Waals surface area contributed by atoms with Crippen molar-refractivity contribution in [3.8, 4) is 0 Å². The number of nitrogens with two attached hydrogens (primary N) is 1. The molecule has 0 saturated carbocycles. The average Bonchev–Trinajstić information content (AvgIpc) is 2.58. The molecule has 1 unspecified atom stereocenters. The van der Waals surface area contributed by atoms with Crippen LogP contribution >= 0.6 is 0 Å². The predicted octanol–water partition coefficient (Wildman–Crippen LogP) is 3.13. The molecule has 3 aromatic rings. The number of quaternary nitrogens is 1. The Hall–Kier alpha value is -2.92. The zero-order valence-electron chi connectivity index (χ0n) is 13.9. The minimum Gasteiger partial charge on any atom is -0.399 e. The van der Waals surface area contributed by atoms with Crippen LogP contribution < -0.4 is 15.8 Å². The van der Waals surface area contributed by atoms with Gasteiger partial charge in [0.25, 0.3) is 5.56 Å². The molecule has 0 radical (unpaired) electrons. The molecule has 0 amide bonds. The van der Waals surface area contributed by atoms with Gasteiger partial charge in [0.1, 0.15) is 12.2 Å². The lowest BCUT2D eigenvalue weighted by Gasteiger charge is -2.32. The lowest BCUT2D eigenvalue weighted by Crippen LogP contribution is -2.42. The van der Waals surface area contributed by atoms with Crippen molar-refractivity contribution >= 4 is 17.3 Å². The first kappa shape index (κ1) is 16.0. The molecule has 2 aromatic carbocycles. The van der Waals surface area contributed by atoms with Crippen LogP contribution in [0.5, 0.6) is 0 Å². The topological polar surface area (TPSA) is 71.8 Å². The number of nitrogens with one attached hydrogen (secondary N) is 1. The lowest BCUT2D eigenvalue weighted by molar-refractivity contribution is 0.424. The molecular weight excluding hydrogens is 300 g/mol. The summed E-state index contributed by atoms with van der Waals surface area (Å²) in [5, 5.41) is 0. The first-order chi connectivity index (χ1) is 11.5. The normalized spacial score (nSPS) is 13.4. The molecule has 5 heteroatoms. The van der Waals surface area contributed by atoms with Gasteiger partial charge in [-0.25, -0.2) is 4.48 Å². The Morgan fingerprint density at radius 2 is 1.88 bits per heavy atom. The summed E-state index contributed by atoms with van der Waals surface area (Å²) in [6.07, 6.45) is 1.54. The van der Waals surface area contributed by atoms with Gasteiger partial charge in [-0.05, 0) is 13.0 Å². The highest BCUT2D eigenvalue weighted by atomic mass is 16.1. The fourth-order valence-electron chi connectivity index (χ4n) is 2.99. The minimum absolute atomic E-state index is 0.168. The van der Waals surface area contributed by atoms with E-state index in [1.54, 1.807) is 0 Å². The van der Waals surface area contributed by atoms with Crippen molar-refractivity contribution in [2.75, 3.05) is 12.8 Å². The molecule has 0 spiro atoms. The van der Waals surface area contributed by atoms with Gasteiger partial charge in [-0.3, -0.25) is 9.78 Å². The summed E-state index contributed by atoms with van der Waals surface area (Å²) in [7, 11) is 2.03. The van der Waals surface area contributed by atoms with E-state index >= 15 is 0 Å². The fourth-order valence-corrected chi connectivity index (χ4v) is 2.99. The van der Waals surface area contributed by atoms with E-state index in [1.165, 1.54) is 12.3 Å². The van der Waals surface area contributed by atoms with Crippen molar-refractivity contribution in [1.82, 2.24) is 14.5 Å². The van der Waals surface area contributed by atoms with Crippen molar-refractivity contribution in [2.45, 2.75) is 13.5 Å². The average molecular weight is 321 g/mol. The van der Waals surface area contributed by atoms with Gasteiger partial charge in [0.15, 0.2) is 0 Å². The molecular formula is C19H21N4O+. The third-order valence-corrected chi connectivity index (χ3v) is 4.23. The number of anilines is 1. The second kappa shape index (κ2) is 6.29. The van der Waals surface area contributed by atoms with Crippen LogP contribution in [0.25, 0.3) is 0 Å². The molecule has 3 N–H and O–H groups in total. The smallest absolute Gasteiger partial charge is 0.314 e. The van der Waals surface area contributed by atoms with Crippen molar-refractivity contribution < 1.29 is 0 Å². The quantitative estimate of drug-likeness (QED) is 0.573. The van der Waals surface area contributed by atoms with Gasteiger partial charge in [0, 0.05) is 35.1 Å². The molecule has 1 atom stereocenters. The Morgan fingerprint density at radius 3 is 2.58 bits per heavy atom. The molecule has 5 nitrogen and oxygen atoms in total. The Kier molecular flexibility index (Phi) is 4.18. The Bertz CT molecular complexity index is 904. The monoisotopic (exact) mass is 321 g/mol. The van der Waals surface area contributed by atoms with E-state index in [0.717, 1.165) is 16.8 Å². The zero-order valence-corrected chi connectivity index (χ0v) is 13.9. The van der Waals surface area contributed by atoms with Crippen LogP contribution in [0.2, 0.25) is 0 Å². The summed E-state index contributed by atoms with van der Waals surface area (Å²) in [6.45, 7) is 2.69. The van der Waals surface area contributed by atoms with E-state index in [1.807, 2.05) is 50.4 Å². The Morgan fingerprint density at radius 1 is 1.12 bits per heavy atom. The highest BCUT2D eigenvalue weighted by molar-refractivity contribution is 5.62. The second-order valence-electron chi connectivity index (χ2n) is 6.14. The maximum atomic E-state index is 11.8. The van der Waals surface area contributed by atoms with Gasteiger partial charge in [0.2, 0.25) is 0 Å². The molecule has 24 heavy (non-hydrogen) atoms. The summed E-state index contributed by atoms with van der Waals surface area (Å²) in [5.74, 6) is 0.583. The van der Waals surface area contributed by atoms with E-state index < -0.39 is 0 Å². The molecule has 0 fully saturated rings. The number of hydrogen-bond donors (Lipinski definition) is 2. The van der Waals surface area contributed by atoms with Gasteiger partial charge in [-0.2, -0.15) is 4.98 Å². The number of aromatic nitrogens is 2. The first-order valence-corrected chi connectivity index (χ1v) is 7.81. The van der Waals surface area contributed by atoms with Gasteiger partial charge in [-0.1, -0.05) is 36.4 Å². The van der Waals surface area contributed by atoms with E-state index in [2.05, 4.69) is 22.1 Å². The van der Waals surface area contributed by atoms with Gasteiger partial charge < -0.3 is 5.73 Å². The number of rotatable bonds is 4. The number of hydrogen-bond acceptors (Lipinski definition) is 3. The van der Waals surface area contributed by atoms with Crippen LogP contribution in [0.15, 0.2) is 65.6 Å². The van der Waals surface area contributed by atoms with Crippen molar-refractivity contribution in [3.05, 3.63) is 82.3 Å². The summed E-state index contributed by atoms with van der Waals surface area (Å²) in [5.41, 5.74) is 9.79. The molecule has 0 aliphatic carbocycles. The predicted molar refractivity (Wildman–Crippen MR) is 98.0 cm³/mol. The second-order valence-corrected chi connectivity index (χ2v) is 6.14. The fraction of sp³-hybridized carbons (Fsp3) is 0.158. The maximum Gasteiger partial charge on any atom is 0.314 e. The number of H-pyrrole nitrogens is 1. The van der Waals surface area contributed by atoms with Crippen LogP contribution in [-0.2, 0) is 6.54 Å². The Balaban J connectivity index is 2.20. The largest absolute Gasteiger partial charge is 0.399 e. The van der Waals surface area contributed by atoms with E-state index in [-0.39, 0.29) is 5.56 Å². The Labute approximate surface area is 141 Å². The van der Waals surface area contributed by atoms with Crippen LogP contribution in [0.3, 0.4) is 0 Å². The molecule has 0 aliphatic rings. The molecule has 0 bridgehead atoms. The van der Waals surface area contributed by atoms with Crippen LogP contribution in [0.1, 0.15) is 11.1 Å². The third kappa shape index (κ3) is 3.07. The number of benzene rings is 2. The van der Waals surface area contributed by atoms with Gasteiger partial charge in [0.05, 0.1) is 7.05 Å². The van der Waals surface area contributed by atoms with E-state index in [9.17, 15) is 4.79 Å². The van der Waals surface area contributed by atoms with E-state index in [0.29, 0.717) is 22.7 Å². The summed E-state index contributed by atoms with van der Waals surface area (Å²) < 4.78 is 0.330. The summed E-state index contributed by atoms with van der Waals surface area (Å²) in [4.78, 5) is 19.2. The van der Waals surface area contributed by atoms with E-state index in [4.69, 9.17) is 5.73 Å². The molecule has 0 saturated heterocycles. The molecule has 122 valence electrons. The number of nitrogen functional groups attached to an aromatic ring is 1. The van der Waals surface area contributed by atoms with Gasteiger partial charge >= 0.3 is 5.95 Å². The maximum absolute atomic E-state index is 11.8. The SMILES string of the molecule is Cc1ccc(N)cc1[N+](C)(Cc1ccccc1)c1nccc(=O)[nH]1. The van der Waals surface area contributed by atoms with Crippen molar-refractivity contribution in [2.24, 2.45) is 0 Å². The molecule has 1 heterocycles.